The highest BCUT2D eigenvalue weighted by atomic mass is 79.9. The fourth-order valence-electron chi connectivity index (χ4n) is 2.96. The number of hydrogen-bond acceptors (Lipinski definition) is 7. The van der Waals surface area contributed by atoms with Gasteiger partial charge >= 0.3 is 0 Å². The fourth-order valence-corrected chi connectivity index (χ4v) is 5.12. The summed E-state index contributed by atoms with van der Waals surface area (Å²) in [6.45, 7) is 0. The number of nitrogens with one attached hydrogen (secondary N) is 1. The summed E-state index contributed by atoms with van der Waals surface area (Å²) < 4.78 is 13.4. The zero-order valence-corrected chi connectivity index (χ0v) is 21.1. The Morgan fingerprint density at radius 3 is 2.70 bits per heavy atom. The van der Waals surface area contributed by atoms with Crippen molar-refractivity contribution >= 4 is 72.7 Å². The van der Waals surface area contributed by atoms with E-state index in [4.69, 9.17) is 9.47 Å². The van der Waals surface area contributed by atoms with Crippen LogP contribution in [0.1, 0.15) is 5.56 Å². The van der Waals surface area contributed by atoms with Gasteiger partial charge < -0.3 is 14.8 Å². The first kappa shape index (κ1) is 23.3. The minimum absolute atomic E-state index is 0.148. The molecule has 0 aliphatic rings. The van der Waals surface area contributed by atoms with E-state index < -0.39 is 0 Å². The number of aromatic nitrogens is 1. The molecule has 0 aliphatic carbocycles. The Hall–Kier alpha value is -2.88. The highest BCUT2D eigenvalue weighted by Crippen LogP contribution is 2.33. The molecular formula is C24H20BrN3O3S2. The lowest BCUT2D eigenvalue weighted by atomic mass is 10.2. The van der Waals surface area contributed by atoms with Crippen LogP contribution < -0.4 is 14.8 Å². The van der Waals surface area contributed by atoms with Gasteiger partial charge in [0.1, 0.15) is 11.5 Å². The van der Waals surface area contributed by atoms with Crippen molar-refractivity contribution in [2.45, 2.75) is 4.34 Å². The standard InChI is InChI=1S/C24H20BrN3O3S2/c1-30-18-8-10-21(31-2)20(12-18)27-23(29)14-32-24-28-19-9-7-17(11-22(19)33-24)26-13-15-3-5-16(25)6-4-15/h3-13H,14H2,1-2H3,(H,27,29). The number of methoxy groups -OCH3 is 2. The van der Waals surface area contributed by atoms with Gasteiger partial charge in [-0.3, -0.25) is 9.79 Å². The van der Waals surface area contributed by atoms with Gasteiger partial charge in [0.05, 0.1) is 41.6 Å². The minimum atomic E-state index is -0.148. The van der Waals surface area contributed by atoms with Crippen LogP contribution in [0.3, 0.4) is 0 Å². The van der Waals surface area contributed by atoms with E-state index >= 15 is 0 Å². The molecule has 4 rings (SSSR count). The van der Waals surface area contributed by atoms with Gasteiger partial charge in [0.2, 0.25) is 5.91 Å². The van der Waals surface area contributed by atoms with E-state index in [-0.39, 0.29) is 11.7 Å². The van der Waals surface area contributed by atoms with Gasteiger partial charge in [-0.2, -0.15) is 0 Å². The molecule has 0 saturated heterocycles. The van der Waals surface area contributed by atoms with E-state index in [2.05, 4.69) is 31.2 Å². The molecule has 0 bridgehead atoms. The zero-order chi connectivity index (χ0) is 23.2. The highest BCUT2D eigenvalue weighted by molar-refractivity contribution is 9.10. The van der Waals surface area contributed by atoms with Crippen molar-refractivity contribution in [2.75, 3.05) is 25.3 Å². The van der Waals surface area contributed by atoms with Crippen LogP contribution in [0, 0.1) is 0 Å². The molecular weight excluding hydrogens is 522 g/mol. The molecule has 0 fully saturated rings. The Labute approximate surface area is 208 Å². The normalized spacial score (nSPS) is 11.1. The van der Waals surface area contributed by atoms with Gasteiger partial charge in [-0.15, -0.1) is 11.3 Å². The summed E-state index contributed by atoms with van der Waals surface area (Å²) >= 11 is 6.37. The quantitative estimate of drug-likeness (QED) is 0.202. The van der Waals surface area contributed by atoms with E-state index in [1.165, 1.54) is 11.8 Å². The first-order valence-electron chi connectivity index (χ1n) is 9.89. The average Bonchev–Trinajstić information content (AvgIpc) is 3.24. The Morgan fingerprint density at radius 1 is 1.12 bits per heavy atom. The second-order valence-electron chi connectivity index (χ2n) is 6.84. The Kier molecular flexibility index (Phi) is 7.64. The van der Waals surface area contributed by atoms with E-state index in [9.17, 15) is 4.79 Å². The summed E-state index contributed by atoms with van der Waals surface area (Å²) in [7, 11) is 3.14. The number of fused-ring (bicyclic) bond motifs is 1. The maximum absolute atomic E-state index is 12.5. The zero-order valence-electron chi connectivity index (χ0n) is 17.9. The van der Waals surface area contributed by atoms with Crippen molar-refractivity contribution in [3.05, 3.63) is 70.7 Å². The van der Waals surface area contributed by atoms with Crippen molar-refractivity contribution in [2.24, 2.45) is 4.99 Å². The number of hydrogen-bond donors (Lipinski definition) is 1. The van der Waals surface area contributed by atoms with Crippen LogP contribution in [0.4, 0.5) is 11.4 Å². The second kappa shape index (κ2) is 10.8. The van der Waals surface area contributed by atoms with Gasteiger partial charge in [0.25, 0.3) is 0 Å². The third-order valence-electron chi connectivity index (χ3n) is 4.59. The summed E-state index contributed by atoms with van der Waals surface area (Å²) in [5.74, 6) is 1.30. The predicted molar refractivity (Wildman–Crippen MR) is 140 cm³/mol. The van der Waals surface area contributed by atoms with Crippen LogP contribution in [-0.2, 0) is 4.79 Å². The van der Waals surface area contributed by atoms with Crippen molar-refractivity contribution in [1.29, 1.82) is 0 Å². The lowest BCUT2D eigenvalue weighted by Gasteiger charge is -2.11. The maximum atomic E-state index is 12.5. The van der Waals surface area contributed by atoms with E-state index in [0.29, 0.717) is 17.2 Å². The second-order valence-corrected chi connectivity index (χ2v) is 10.0. The van der Waals surface area contributed by atoms with Crippen molar-refractivity contribution < 1.29 is 14.3 Å². The van der Waals surface area contributed by atoms with E-state index in [0.717, 1.165) is 30.3 Å². The number of benzene rings is 3. The van der Waals surface area contributed by atoms with Crippen molar-refractivity contribution in [3.63, 3.8) is 0 Å². The van der Waals surface area contributed by atoms with Gasteiger partial charge in [-0.05, 0) is 48.0 Å². The molecule has 1 N–H and O–H groups in total. The molecule has 33 heavy (non-hydrogen) atoms. The number of ether oxygens (including phenoxy) is 2. The van der Waals surface area contributed by atoms with Gasteiger partial charge in [-0.25, -0.2) is 4.98 Å². The molecule has 4 aromatic rings. The van der Waals surface area contributed by atoms with Crippen LogP contribution in [0.5, 0.6) is 11.5 Å². The van der Waals surface area contributed by atoms with Crippen LogP contribution in [0.2, 0.25) is 0 Å². The Balaban J connectivity index is 1.40. The van der Waals surface area contributed by atoms with E-state index in [1.807, 2.05) is 48.7 Å². The number of nitrogens with zero attached hydrogens (tertiary/aromatic N) is 2. The monoisotopic (exact) mass is 541 g/mol. The molecule has 0 unspecified atom stereocenters. The predicted octanol–water partition coefficient (Wildman–Crippen LogP) is 6.56. The lowest BCUT2D eigenvalue weighted by Crippen LogP contribution is -2.14. The summed E-state index contributed by atoms with van der Waals surface area (Å²) in [5.41, 5.74) is 3.34. The molecule has 9 heteroatoms. The summed E-state index contributed by atoms with van der Waals surface area (Å²) in [6, 6.07) is 19.1. The van der Waals surface area contributed by atoms with Crippen molar-refractivity contribution in [1.82, 2.24) is 4.98 Å². The van der Waals surface area contributed by atoms with Crippen molar-refractivity contribution in [3.8, 4) is 11.5 Å². The molecule has 0 spiro atoms. The Bertz CT molecular complexity index is 1310. The van der Waals surface area contributed by atoms with E-state index in [1.54, 1.807) is 43.8 Å². The first-order valence-corrected chi connectivity index (χ1v) is 12.5. The van der Waals surface area contributed by atoms with Crippen LogP contribution in [-0.4, -0.2) is 37.1 Å². The summed E-state index contributed by atoms with van der Waals surface area (Å²) in [4.78, 5) is 21.7. The average molecular weight is 542 g/mol. The molecule has 1 aromatic heterocycles. The first-order chi connectivity index (χ1) is 16.0. The molecule has 0 radical (unpaired) electrons. The lowest BCUT2D eigenvalue weighted by molar-refractivity contribution is -0.113. The summed E-state index contributed by atoms with van der Waals surface area (Å²) in [5, 5.41) is 2.88. The SMILES string of the molecule is COc1ccc(OC)c(NC(=O)CSc2nc3ccc(N=Cc4ccc(Br)cc4)cc3s2)c1. The number of amides is 1. The number of thiazole rings is 1. The number of aliphatic imine (C=N–C) groups is 1. The summed E-state index contributed by atoms with van der Waals surface area (Å²) in [6.07, 6.45) is 1.83. The number of carbonyl (C=O) groups excluding carboxylic acids is 1. The van der Waals surface area contributed by atoms with Crippen LogP contribution in [0.15, 0.2) is 74.5 Å². The largest absolute Gasteiger partial charge is 0.497 e. The van der Waals surface area contributed by atoms with Gasteiger partial charge in [-0.1, -0.05) is 39.8 Å². The number of thioether (sulfide) groups is 1. The molecule has 1 heterocycles. The third-order valence-corrected chi connectivity index (χ3v) is 7.28. The maximum Gasteiger partial charge on any atom is 0.234 e. The molecule has 168 valence electrons. The molecule has 3 aromatic carbocycles. The van der Waals surface area contributed by atoms with Crippen LogP contribution >= 0.6 is 39.0 Å². The number of carbonyl (C=O) groups is 1. The van der Waals surface area contributed by atoms with Crippen LogP contribution in [0.25, 0.3) is 10.2 Å². The number of anilines is 1. The molecule has 1 amide bonds. The molecule has 0 saturated carbocycles. The number of rotatable bonds is 8. The van der Waals surface area contributed by atoms with Gasteiger partial charge in [0.15, 0.2) is 4.34 Å². The Morgan fingerprint density at radius 2 is 1.94 bits per heavy atom. The third kappa shape index (κ3) is 6.13. The smallest absolute Gasteiger partial charge is 0.234 e. The molecule has 6 nitrogen and oxygen atoms in total. The highest BCUT2D eigenvalue weighted by Gasteiger charge is 2.12. The fraction of sp³-hybridized carbons (Fsp3) is 0.125. The molecule has 0 atom stereocenters. The molecule has 0 aliphatic heterocycles. The topological polar surface area (TPSA) is 72.8 Å². The van der Waals surface area contributed by atoms with Gasteiger partial charge in [0, 0.05) is 16.8 Å². The number of halogens is 1. The minimum Gasteiger partial charge on any atom is -0.497 e.